The molecular weight excluding hydrogens is 336 g/mol. The van der Waals surface area contributed by atoms with Crippen LogP contribution in [-0.4, -0.2) is 38.0 Å². The molecule has 0 unspecified atom stereocenters. The number of nitrogens with zero attached hydrogens (tertiary/aromatic N) is 1. The van der Waals surface area contributed by atoms with E-state index in [1.165, 1.54) is 13.2 Å². The molecule has 0 aliphatic carbocycles. The van der Waals surface area contributed by atoms with Gasteiger partial charge >= 0.3 is 5.97 Å². The van der Waals surface area contributed by atoms with Crippen molar-refractivity contribution < 1.29 is 23.9 Å². The summed E-state index contributed by atoms with van der Waals surface area (Å²) < 4.78 is 9.83. The van der Waals surface area contributed by atoms with Crippen molar-refractivity contribution >= 4 is 29.2 Å². The lowest BCUT2D eigenvalue weighted by atomic mass is 10.1. The van der Waals surface area contributed by atoms with Gasteiger partial charge in [0.2, 0.25) is 5.91 Å². The van der Waals surface area contributed by atoms with Crippen molar-refractivity contribution in [3.63, 3.8) is 0 Å². The third-order valence-corrected chi connectivity index (χ3v) is 4.13. The zero-order chi connectivity index (χ0) is 18.7. The molecule has 1 saturated heterocycles. The minimum absolute atomic E-state index is 0.000367. The molecule has 1 fully saturated rings. The van der Waals surface area contributed by atoms with E-state index < -0.39 is 17.9 Å². The van der Waals surface area contributed by atoms with Crippen LogP contribution in [0.3, 0.4) is 0 Å². The number of anilines is 2. The SMILES string of the molecule is COC(=O)c1ccccc1N1C(=O)C[C@@H](Nc2ccc(OC)cc2)C1=O. The summed E-state index contributed by atoms with van der Waals surface area (Å²) in [7, 11) is 2.82. The summed E-state index contributed by atoms with van der Waals surface area (Å²) in [6.45, 7) is 0. The van der Waals surface area contributed by atoms with Gasteiger partial charge < -0.3 is 14.8 Å². The number of carbonyl (C=O) groups excluding carboxylic acids is 3. The molecule has 0 aromatic heterocycles. The van der Waals surface area contributed by atoms with E-state index in [1.54, 1.807) is 49.6 Å². The third kappa shape index (κ3) is 3.23. The van der Waals surface area contributed by atoms with Crippen LogP contribution in [0.25, 0.3) is 0 Å². The number of imide groups is 1. The Morgan fingerprint density at radius 1 is 1.08 bits per heavy atom. The number of hydrogen-bond acceptors (Lipinski definition) is 6. The molecular formula is C19H18N2O5. The smallest absolute Gasteiger partial charge is 0.339 e. The van der Waals surface area contributed by atoms with Crippen LogP contribution in [0.2, 0.25) is 0 Å². The van der Waals surface area contributed by atoms with Crippen molar-refractivity contribution in [2.24, 2.45) is 0 Å². The van der Waals surface area contributed by atoms with Gasteiger partial charge in [0, 0.05) is 5.69 Å². The third-order valence-electron chi connectivity index (χ3n) is 4.13. The molecule has 134 valence electrons. The number of benzene rings is 2. The molecule has 0 spiro atoms. The number of rotatable bonds is 5. The minimum atomic E-state index is -0.707. The predicted molar refractivity (Wildman–Crippen MR) is 95.3 cm³/mol. The van der Waals surface area contributed by atoms with Crippen LogP contribution in [0.5, 0.6) is 5.75 Å². The van der Waals surface area contributed by atoms with E-state index in [0.29, 0.717) is 11.4 Å². The maximum Gasteiger partial charge on any atom is 0.339 e. The first-order valence-corrected chi connectivity index (χ1v) is 8.00. The Bertz CT molecular complexity index is 847. The fourth-order valence-corrected chi connectivity index (χ4v) is 2.84. The molecule has 2 aromatic rings. The van der Waals surface area contributed by atoms with Gasteiger partial charge in [-0.25, -0.2) is 9.69 Å². The molecule has 1 aliphatic heterocycles. The normalized spacial score (nSPS) is 16.5. The van der Waals surface area contributed by atoms with Gasteiger partial charge in [0.25, 0.3) is 5.91 Å². The summed E-state index contributed by atoms with van der Waals surface area (Å²) in [5.74, 6) is -0.703. The quantitative estimate of drug-likeness (QED) is 0.655. The Hall–Kier alpha value is -3.35. The van der Waals surface area contributed by atoms with Crippen LogP contribution < -0.4 is 15.0 Å². The lowest BCUT2D eigenvalue weighted by Gasteiger charge is -2.18. The molecule has 2 amide bonds. The minimum Gasteiger partial charge on any atom is -0.497 e. The highest BCUT2D eigenvalue weighted by atomic mass is 16.5. The van der Waals surface area contributed by atoms with E-state index in [9.17, 15) is 14.4 Å². The van der Waals surface area contributed by atoms with Crippen molar-refractivity contribution in [3.05, 3.63) is 54.1 Å². The van der Waals surface area contributed by atoms with E-state index >= 15 is 0 Å². The predicted octanol–water partition coefficient (Wildman–Crippen LogP) is 2.23. The summed E-state index contributed by atoms with van der Waals surface area (Å²) in [6.07, 6.45) is 0.000367. The van der Waals surface area contributed by atoms with Crippen molar-refractivity contribution in [1.82, 2.24) is 0 Å². The largest absolute Gasteiger partial charge is 0.497 e. The number of para-hydroxylation sites is 1. The lowest BCUT2D eigenvalue weighted by Crippen LogP contribution is -2.35. The van der Waals surface area contributed by atoms with Gasteiger partial charge in [-0.05, 0) is 36.4 Å². The summed E-state index contributed by atoms with van der Waals surface area (Å²) in [5, 5.41) is 3.05. The number of esters is 1. The van der Waals surface area contributed by atoms with Gasteiger partial charge in [-0.3, -0.25) is 9.59 Å². The average Bonchev–Trinajstić information content (AvgIpc) is 2.95. The summed E-state index contributed by atoms with van der Waals surface area (Å²) in [4.78, 5) is 38.2. The molecule has 3 rings (SSSR count). The molecule has 2 aromatic carbocycles. The fourth-order valence-electron chi connectivity index (χ4n) is 2.84. The number of hydrogen-bond donors (Lipinski definition) is 1. The number of carbonyl (C=O) groups is 3. The van der Waals surface area contributed by atoms with Crippen LogP contribution in [0.15, 0.2) is 48.5 Å². The molecule has 1 atom stereocenters. The van der Waals surface area contributed by atoms with Crippen molar-refractivity contribution in [2.75, 3.05) is 24.4 Å². The molecule has 1 heterocycles. The average molecular weight is 354 g/mol. The maximum atomic E-state index is 12.8. The van der Waals surface area contributed by atoms with Gasteiger partial charge in [-0.2, -0.15) is 0 Å². The van der Waals surface area contributed by atoms with E-state index in [1.807, 2.05) is 0 Å². The highest BCUT2D eigenvalue weighted by Gasteiger charge is 2.41. The summed E-state index contributed by atoms with van der Waals surface area (Å²) in [6, 6.07) is 12.7. The standard InChI is InChI=1S/C19H18N2O5/c1-25-13-9-7-12(8-10-13)20-15-11-17(22)21(18(15)23)16-6-4-3-5-14(16)19(24)26-2/h3-10,15,20H,11H2,1-2H3/t15-/m1/s1. The number of ether oxygens (including phenoxy) is 2. The maximum absolute atomic E-state index is 12.8. The molecule has 0 saturated carbocycles. The Balaban J connectivity index is 1.84. The topological polar surface area (TPSA) is 84.9 Å². The number of methoxy groups -OCH3 is 2. The van der Waals surface area contributed by atoms with Crippen LogP contribution in [0, 0.1) is 0 Å². The summed E-state index contributed by atoms with van der Waals surface area (Å²) >= 11 is 0. The summed E-state index contributed by atoms with van der Waals surface area (Å²) in [5.41, 5.74) is 1.09. The zero-order valence-corrected chi connectivity index (χ0v) is 14.4. The first-order chi connectivity index (χ1) is 12.5. The second-order valence-corrected chi connectivity index (χ2v) is 5.71. The van der Waals surface area contributed by atoms with E-state index in [2.05, 4.69) is 5.32 Å². The van der Waals surface area contributed by atoms with Gasteiger partial charge in [-0.1, -0.05) is 12.1 Å². The monoisotopic (exact) mass is 354 g/mol. The molecule has 7 nitrogen and oxygen atoms in total. The van der Waals surface area contributed by atoms with Crippen LogP contribution in [0.1, 0.15) is 16.8 Å². The van der Waals surface area contributed by atoms with Gasteiger partial charge in [0.15, 0.2) is 0 Å². The fraction of sp³-hybridized carbons (Fsp3) is 0.211. The highest BCUT2D eigenvalue weighted by Crippen LogP contribution is 2.28. The second kappa shape index (κ2) is 7.26. The second-order valence-electron chi connectivity index (χ2n) is 5.71. The van der Waals surface area contributed by atoms with E-state index in [-0.39, 0.29) is 23.6 Å². The van der Waals surface area contributed by atoms with Gasteiger partial charge in [0.1, 0.15) is 11.8 Å². The van der Waals surface area contributed by atoms with E-state index in [0.717, 1.165) is 4.90 Å². The molecule has 7 heteroatoms. The lowest BCUT2D eigenvalue weighted by molar-refractivity contribution is -0.121. The Kier molecular flexibility index (Phi) is 4.88. The van der Waals surface area contributed by atoms with Crippen molar-refractivity contribution in [3.8, 4) is 5.75 Å². The van der Waals surface area contributed by atoms with Crippen LogP contribution in [0.4, 0.5) is 11.4 Å². The highest BCUT2D eigenvalue weighted by molar-refractivity contribution is 6.24. The van der Waals surface area contributed by atoms with Crippen molar-refractivity contribution in [1.29, 1.82) is 0 Å². The van der Waals surface area contributed by atoms with Crippen molar-refractivity contribution in [2.45, 2.75) is 12.5 Å². The number of amides is 2. The molecule has 1 N–H and O–H groups in total. The Morgan fingerprint density at radius 3 is 2.42 bits per heavy atom. The molecule has 0 bridgehead atoms. The van der Waals surface area contributed by atoms with Crippen LogP contribution in [-0.2, 0) is 14.3 Å². The Labute approximate surface area is 150 Å². The van der Waals surface area contributed by atoms with Gasteiger partial charge in [0.05, 0.1) is 31.9 Å². The van der Waals surface area contributed by atoms with Crippen LogP contribution >= 0.6 is 0 Å². The molecule has 26 heavy (non-hydrogen) atoms. The zero-order valence-electron chi connectivity index (χ0n) is 14.4. The first-order valence-electron chi connectivity index (χ1n) is 8.00. The molecule has 0 radical (unpaired) electrons. The van der Waals surface area contributed by atoms with E-state index in [4.69, 9.17) is 9.47 Å². The molecule has 1 aliphatic rings. The Morgan fingerprint density at radius 2 is 1.77 bits per heavy atom. The number of nitrogens with one attached hydrogen (secondary N) is 1. The first kappa shape index (κ1) is 17.5. The van der Waals surface area contributed by atoms with Gasteiger partial charge in [-0.15, -0.1) is 0 Å².